The second kappa shape index (κ2) is 7.17. The third-order valence-corrected chi connectivity index (χ3v) is 6.69. The first-order valence-electron chi connectivity index (χ1n) is 8.96. The molecule has 0 saturated heterocycles. The molecule has 9 nitrogen and oxygen atoms in total. The first-order valence-corrected chi connectivity index (χ1v) is 10.5. The Kier molecular flexibility index (Phi) is 5.24. The fourth-order valence-corrected chi connectivity index (χ4v) is 5.07. The highest BCUT2D eigenvalue weighted by Crippen LogP contribution is 2.40. The third-order valence-electron chi connectivity index (χ3n) is 5.80. The number of nitrogens with one attached hydrogen (secondary N) is 1. The van der Waals surface area contributed by atoms with E-state index in [0.717, 1.165) is 44.2 Å². The molecule has 1 amide bonds. The molecular formula is C17H24N4O5S. The SMILES string of the molecule is Cc1c(C(=O)NC2C3CCCC2CC(N)C3)cc(S(N)(=O)=O)cc1[N+](=O)[O-]. The van der Waals surface area contributed by atoms with Crippen LogP contribution in [0.1, 0.15) is 48.0 Å². The number of nitrogens with zero attached hydrogens (tertiary/aromatic N) is 1. The van der Waals surface area contributed by atoms with Crippen LogP contribution in [0.15, 0.2) is 17.0 Å². The van der Waals surface area contributed by atoms with Crippen LogP contribution in [0, 0.1) is 28.9 Å². The lowest BCUT2D eigenvalue weighted by Gasteiger charge is -2.45. The van der Waals surface area contributed by atoms with Crippen LogP contribution in [0.5, 0.6) is 0 Å². The van der Waals surface area contributed by atoms with E-state index in [9.17, 15) is 23.3 Å². The number of nitrogens with two attached hydrogens (primary N) is 2. The van der Waals surface area contributed by atoms with Crippen LogP contribution in [0.25, 0.3) is 0 Å². The van der Waals surface area contributed by atoms with Gasteiger partial charge >= 0.3 is 0 Å². The molecule has 0 aromatic heterocycles. The Hall–Kier alpha value is -2.04. The van der Waals surface area contributed by atoms with E-state index in [2.05, 4.69) is 5.32 Å². The van der Waals surface area contributed by atoms with Gasteiger partial charge in [0.05, 0.1) is 15.4 Å². The zero-order valence-electron chi connectivity index (χ0n) is 15.1. The number of carbonyl (C=O) groups is 1. The Morgan fingerprint density at radius 2 is 1.85 bits per heavy atom. The lowest BCUT2D eigenvalue weighted by Crippen LogP contribution is -2.53. The molecule has 2 fully saturated rings. The normalized spacial score (nSPS) is 27.8. The van der Waals surface area contributed by atoms with Crippen molar-refractivity contribution < 1.29 is 18.1 Å². The molecule has 2 saturated carbocycles. The predicted octanol–water partition coefficient (Wildman–Crippen LogP) is 1.19. The molecule has 148 valence electrons. The Bertz CT molecular complexity index is 872. The standard InChI is InChI=1S/C17H24N4O5S/c1-9-14(7-13(27(19,25)26)8-15(9)21(23)24)17(22)20-16-10-3-2-4-11(16)6-12(18)5-10/h7-8,10-12,16H,2-6,18H2,1H3,(H,20,22)(H2,19,25,26). The number of primary sulfonamides is 1. The summed E-state index contributed by atoms with van der Waals surface area (Å²) in [5.74, 6) is 0.0276. The topological polar surface area (TPSA) is 158 Å². The third kappa shape index (κ3) is 3.97. The highest BCUT2D eigenvalue weighted by atomic mass is 32.2. The lowest BCUT2D eigenvalue weighted by atomic mass is 9.67. The van der Waals surface area contributed by atoms with Crippen molar-refractivity contribution in [2.75, 3.05) is 0 Å². The van der Waals surface area contributed by atoms with Gasteiger partial charge < -0.3 is 11.1 Å². The minimum Gasteiger partial charge on any atom is -0.349 e. The van der Waals surface area contributed by atoms with E-state index in [1.807, 2.05) is 0 Å². The van der Waals surface area contributed by atoms with Crippen LogP contribution in [-0.4, -0.2) is 31.3 Å². The van der Waals surface area contributed by atoms with E-state index >= 15 is 0 Å². The molecule has 2 unspecified atom stereocenters. The molecule has 0 heterocycles. The number of rotatable bonds is 4. The maximum Gasteiger partial charge on any atom is 0.274 e. The highest BCUT2D eigenvalue weighted by molar-refractivity contribution is 7.89. The number of fused-ring (bicyclic) bond motifs is 2. The van der Waals surface area contributed by atoms with Gasteiger partial charge in [-0.25, -0.2) is 13.6 Å². The van der Waals surface area contributed by atoms with E-state index in [4.69, 9.17) is 10.9 Å². The van der Waals surface area contributed by atoms with Gasteiger partial charge in [-0.3, -0.25) is 14.9 Å². The molecule has 0 radical (unpaired) electrons. The van der Waals surface area contributed by atoms with E-state index in [-0.39, 0.29) is 35.0 Å². The zero-order chi connectivity index (χ0) is 19.9. The monoisotopic (exact) mass is 396 g/mol. The van der Waals surface area contributed by atoms with Crippen LogP contribution in [0.3, 0.4) is 0 Å². The van der Waals surface area contributed by atoms with Gasteiger partial charge in [0.1, 0.15) is 0 Å². The summed E-state index contributed by atoms with van der Waals surface area (Å²) >= 11 is 0. The van der Waals surface area contributed by atoms with Crippen LogP contribution >= 0.6 is 0 Å². The smallest absolute Gasteiger partial charge is 0.274 e. The average Bonchev–Trinajstić information content (AvgIpc) is 2.54. The van der Waals surface area contributed by atoms with Crippen molar-refractivity contribution in [2.45, 2.75) is 56.0 Å². The predicted molar refractivity (Wildman–Crippen MR) is 98.5 cm³/mol. The molecule has 2 aliphatic rings. The van der Waals surface area contributed by atoms with Gasteiger partial charge in [0.2, 0.25) is 10.0 Å². The van der Waals surface area contributed by atoms with Gasteiger partial charge in [0.25, 0.3) is 11.6 Å². The summed E-state index contributed by atoms with van der Waals surface area (Å²) in [5, 5.41) is 19.4. The molecule has 2 atom stereocenters. The molecule has 2 bridgehead atoms. The fourth-order valence-electron chi connectivity index (χ4n) is 4.52. The number of nitro groups is 1. The second-order valence-corrected chi connectivity index (χ2v) is 9.16. The number of amides is 1. The lowest BCUT2D eigenvalue weighted by molar-refractivity contribution is -0.385. The Morgan fingerprint density at radius 1 is 1.26 bits per heavy atom. The molecule has 27 heavy (non-hydrogen) atoms. The summed E-state index contributed by atoms with van der Waals surface area (Å²) in [6.45, 7) is 1.43. The number of nitro benzene ring substituents is 1. The molecule has 5 N–H and O–H groups in total. The Labute approximate surface area is 157 Å². The van der Waals surface area contributed by atoms with Crippen molar-refractivity contribution in [1.82, 2.24) is 5.32 Å². The van der Waals surface area contributed by atoms with Crippen molar-refractivity contribution in [3.8, 4) is 0 Å². The average molecular weight is 396 g/mol. The van der Waals surface area contributed by atoms with Crippen molar-refractivity contribution in [3.63, 3.8) is 0 Å². The molecular weight excluding hydrogens is 372 g/mol. The summed E-state index contributed by atoms with van der Waals surface area (Å²) in [6.07, 6.45) is 4.71. The zero-order valence-corrected chi connectivity index (χ0v) is 15.9. The molecule has 10 heteroatoms. The second-order valence-electron chi connectivity index (χ2n) is 7.60. The van der Waals surface area contributed by atoms with E-state index in [1.165, 1.54) is 6.92 Å². The Morgan fingerprint density at radius 3 is 2.37 bits per heavy atom. The summed E-state index contributed by atoms with van der Waals surface area (Å²) in [5.41, 5.74) is 5.73. The maximum atomic E-state index is 12.9. The van der Waals surface area contributed by atoms with Crippen LogP contribution < -0.4 is 16.2 Å². The number of hydrogen-bond donors (Lipinski definition) is 3. The van der Waals surface area contributed by atoms with Crippen LogP contribution in [-0.2, 0) is 10.0 Å². The number of hydrogen-bond acceptors (Lipinski definition) is 6. The molecule has 1 aromatic rings. The van der Waals surface area contributed by atoms with Crippen molar-refractivity contribution in [1.29, 1.82) is 0 Å². The van der Waals surface area contributed by atoms with Gasteiger partial charge in [-0.15, -0.1) is 0 Å². The van der Waals surface area contributed by atoms with Crippen molar-refractivity contribution >= 4 is 21.6 Å². The van der Waals surface area contributed by atoms with E-state index < -0.39 is 31.4 Å². The van der Waals surface area contributed by atoms with Crippen LogP contribution in [0.4, 0.5) is 5.69 Å². The minimum absolute atomic E-state index is 0.0406. The number of sulfonamides is 1. The van der Waals surface area contributed by atoms with Crippen molar-refractivity contribution in [2.24, 2.45) is 22.7 Å². The van der Waals surface area contributed by atoms with E-state index in [0.29, 0.717) is 0 Å². The molecule has 2 aliphatic carbocycles. The quantitative estimate of drug-likeness (QED) is 0.512. The number of benzene rings is 1. The summed E-state index contributed by atoms with van der Waals surface area (Å²) < 4.78 is 23.4. The Balaban J connectivity index is 1.95. The van der Waals surface area contributed by atoms with Gasteiger partial charge in [-0.2, -0.15) is 0 Å². The first-order chi connectivity index (χ1) is 12.6. The number of carbonyl (C=O) groups excluding carboxylic acids is 1. The highest BCUT2D eigenvalue weighted by Gasteiger charge is 2.40. The molecule has 3 rings (SSSR count). The first kappa shape index (κ1) is 19.7. The fraction of sp³-hybridized carbons (Fsp3) is 0.588. The van der Waals surface area contributed by atoms with Crippen LogP contribution in [0.2, 0.25) is 0 Å². The van der Waals surface area contributed by atoms with Gasteiger partial charge in [-0.05, 0) is 50.5 Å². The maximum absolute atomic E-state index is 12.9. The molecule has 0 spiro atoms. The summed E-state index contributed by atoms with van der Waals surface area (Å²) in [7, 11) is -4.19. The molecule has 0 aliphatic heterocycles. The van der Waals surface area contributed by atoms with Gasteiger partial charge in [0.15, 0.2) is 0 Å². The molecule has 1 aromatic carbocycles. The van der Waals surface area contributed by atoms with Gasteiger partial charge in [0, 0.05) is 23.7 Å². The van der Waals surface area contributed by atoms with Crippen molar-refractivity contribution in [3.05, 3.63) is 33.4 Å². The minimum atomic E-state index is -4.19. The summed E-state index contributed by atoms with van der Waals surface area (Å²) in [6, 6.07) is 2.07. The summed E-state index contributed by atoms with van der Waals surface area (Å²) in [4.78, 5) is 23.0. The largest absolute Gasteiger partial charge is 0.349 e. The van der Waals surface area contributed by atoms with E-state index in [1.54, 1.807) is 0 Å². The van der Waals surface area contributed by atoms with Gasteiger partial charge in [-0.1, -0.05) is 6.42 Å².